The van der Waals surface area contributed by atoms with Gasteiger partial charge < -0.3 is 15.4 Å². The maximum Gasteiger partial charge on any atom is 0.190 e. The van der Waals surface area contributed by atoms with E-state index < -0.39 is 0 Å². The Bertz CT molecular complexity index is 433. The van der Waals surface area contributed by atoms with E-state index in [1.54, 1.807) is 0 Å². The Morgan fingerprint density at radius 2 is 2.17 bits per heavy atom. The Labute approximate surface area is 161 Å². The van der Waals surface area contributed by atoms with Gasteiger partial charge in [-0.15, -0.1) is 35.3 Å². The average molecular weight is 451 g/mol. The third-order valence-electron chi connectivity index (χ3n) is 4.10. The summed E-state index contributed by atoms with van der Waals surface area (Å²) < 4.78 is 5.87. The molecule has 0 radical (unpaired) electrons. The number of thiophene rings is 1. The van der Waals surface area contributed by atoms with Gasteiger partial charge in [0.05, 0.1) is 6.10 Å². The van der Waals surface area contributed by atoms with Crippen LogP contribution >= 0.6 is 35.3 Å². The van der Waals surface area contributed by atoms with E-state index in [1.807, 2.05) is 18.4 Å². The minimum Gasteiger partial charge on any atom is -0.378 e. The molecule has 1 aliphatic rings. The lowest BCUT2D eigenvalue weighted by molar-refractivity contribution is 0.0574. The molecule has 1 unspecified atom stereocenters. The monoisotopic (exact) mass is 451 g/mol. The zero-order valence-electron chi connectivity index (χ0n) is 14.2. The van der Waals surface area contributed by atoms with Crippen LogP contribution in [0, 0.1) is 0 Å². The SMILES string of the molecule is CN=C(NCCCOC1CCCC1)NCC(C)c1cccs1.I. The first-order chi connectivity index (χ1) is 10.8. The van der Waals surface area contributed by atoms with Crippen LogP contribution < -0.4 is 10.6 Å². The van der Waals surface area contributed by atoms with Crippen LogP contribution in [0.25, 0.3) is 0 Å². The molecular formula is C17H30IN3OS. The first-order valence-electron chi connectivity index (χ1n) is 8.39. The molecule has 23 heavy (non-hydrogen) atoms. The Kier molecular flexibility index (Phi) is 10.9. The van der Waals surface area contributed by atoms with Crippen molar-refractivity contribution in [3.05, 3.63) is 22.4 Å². The third kappa shape index (κ3) is 7.85. The number of ether oxygens (including phenoxy) is 1. The number of nitrogens with zero attached hydrogens (tertiary/aromatic N) is 1. The van der Waals surface area contributed by atoms with Gasteiger partial charge in [-0.1, -0.05) is 25.8 Å². The van der Waals surface area contributed by atoms with E-state index in [9.17, 15) is 0 Å². The summed E-state index contributed by atoms with van der Waals surface area (Å²) in [6.45, 7) is 4.89. The number of rotatable bonds is 8. The van der Waals surface area contributed by atoms with Crippen molar-refractivity contribution >= 4 is 41.3 Å². The molecule has 1 aliphatic carbocycles. The van der Waals surface area contributed by atoms with Gasteiger partial charge in [0.2, 0.25) is 0 Å². The van der Waals surface area contributed by atoms with Crippen LogP contribution in [0.5, 0.6) is 0 Å². The zero-order valence-corrected chi connectivity index (χ0v) is 17.4. The number of hydrogen-bond acceptors (Lipinski definition) is 3. The maximum absolute atomic E-state index is 5.87. The summed E-state index contributed by atoms with van der Waals surface area (Å²) in [6.07, 6.45) is 6.71. The topological polar surface area (TPSA) is 45.7 Å². The molecule has 1 aromatic rings. The van der Waals surface area contributed by atoms with Gasteiger partial charge >= 0.3 is 0 Å². The van der Waals surface area contributed by atoms with E-state index >= 15 is 0 Å². The van der Waals surface area contributed by atoms with Gasteiger partial charge in [-0.3, -0.25) is 4.99 Å². The summed E-state index contributed by atoms with van der Waals surface area (Å²) in [5.74, 6) is 1.38. The molecule has 0 amide bonds. The van der Waals surface area contributed by atoms with Gasteiger partial charge in [-0.2, -0.15) is 0 Å². The summed E-state index contributed by atoms with van der Waals surface area (Å²) in [5.41, 5.74) is 0. The van der Waals surface area contributed by atoms with Crippen LogP contribution in [0.15, 0.2) is 22.5 Å². The van der Waals surface area contributed by atoms with E-state index in [2.05, 4.69) is 40.1 Å². The van der Waals surface area contributed by atoms with Crippen LogP contribution in [0.4, 0.5) is 0 Å². The molecule has 1 aromatic heterocycles. The third-order valence-corrected chi connectivity index (χ3v) is 5.20. The van der Waals surface area contributed by atoms with E-state index in [0.717, 1.165) is 32.1 Å². The average Bonchev–Trinajstić information content (AvgIpc) is 3.22. The lowest BCUT2D eigenvalue weighted by atomic mass is 10.1. The summed E-state index contributed by atoms with van der Waals surface area (Å²) in [6, 6.07) is 4.29. The van der Waals surface area contributed by atoms with Gasteiger partial charge in [-0.05, 0) is 30.7 Å². The quantitative estimate of drug-likeness (QED) is 0.272. The number of nitrogens with one attached hydrogen (secondary N) is 2. The van der Waals surface area contributed by atoms with E-state index in [0.29, 0.717) is 12.0 Å². The summed E-state index contributed by atoms with van der Waals surface area (Å²) in [5, 5.41) is 8.88. The highest BCUT2D eigenvalue weighted by Crippen LogP contribution is 2.21. The molecule has 0 saturated heterocycles. The zero-order chi connectivity index (χ0) is 15.6. The Morgan fingerprint density at radius 1 is 1.39 bits per heavy atom. The lowest BCUT2D eigenvalue weighted by Crippen LogP contribution is -2.39. The lowest BCUT2D eigenvalue weighted by Gasteiger charge is -2.16. The molecular weight excluding hydrogens is 421 g/mol. The van der Waals surface area contributed by atoms with Gasteiger partial charge in [0.25, 0.3) is 0 Å². The Balaban J connectivity index is 0.00000264. The van der Waals surface area contributed by atoms with Crippen molar-refractivity contribution in [3.63, 3.8) is 0 Å². The fourth-order valence-electron chi connectivity index (χ4n) is 2.73. The van der Waals surface area contributed by atoms with Gasteiger partial charge in [0, 0.05) is 37.5 Å². The molecule has 1 fully saturated rings. The summed E-state index contributed by atoms with van der Waals surface area (Å²) in [4.78, 5) is 5.68. The van der Waals surface area contributed by atoms with Crippen LogP contribution in [0.1, 0.15) is 49.8 Å². The minimum atomic E-state index is 0. The van der Waals surface area contributed by atoms with Crippen LogP contribution in [-0.2, 0) is 4.74 Å². The Morgan fingerprint density at radius 3 is 2.83 bits per heavy atom. The standard InChI is InChI=1S/C17H29N3OS.HI/c1-14(16-9-5-12-22-16)13-20-17(18-2)19-10-6-11-21-15-7-3-4-8-15;/h5,9,12,14-15H,3-4,6-8,10-11,13H2,1-2H3,(H2,18,19,20);1H. The molecule has 0 spiro atoms. The molecule has 0 aromatic carbocycles. The second-order valence-electron chi connectivity index (χ2n) is 5.93. The second-order valence-corrected chi connectivity index (χ2v) is 6.91. The molecule has 0 bridgehead atoms. The highest BCUT2D eigenvalue weighted by atomic mass is 127. The maximum atomic E-state index is 5.87. The molecule has 0 aliphatic heterocycles. The van der Waals surface area contributed by atoms with E-state index in [1.165, 1.54) is 30.6 Å². The first kappa shape index (κ1) is 20.7. The summed E-state index contributed by atoms with van der Waals surface area (Å²) in [7, 11) is 1.82. The van der Waals surface area contributed by atoms with E-state index in [-0.39, 0.29) is 24.0 Å². The predicted molar refractivity (Wildman–Crippen MR) is 110 cm³/mol. The first-order valence-corrected chi connectivity index (χ1v) is 9.27. The normalized spacial score (nSPS) is 16.9. The van der Waals surface area contributed by atoms with Crippen molar-refractivity contribution in [2.75, 3.05) is 26.7 Å². The highest BCUT2D eigenvalue weighted by molar-refractivity contribution is 14.0. The van der Waals surface area contributed by atoms with Crippen molar-refractivity contribution in [1.82, 2.24) is 10.6 Å². The fraction of sp³-hybridized carbons (Fsp3) is 0.706. The summed E-state index contributed by atoms with van der Waals surface area (Å²) >= 11 is 1.81. The second kappa shape index (κ2) is 12.1. The number of hydrogen-bond donors (Lipinski definition) is 2. The van der Waals surface area contributed by atoms with Crippen LogP contribution in [-0.4, -0.2) is 38.8 Å². The molecule has 1 atom stereocenters. The molecule has 132 valence electrons. The predicted octanol–water partition coefficient (Wildman–Crippen LogP) is 3.98. The van der Waals surface area contributed by atoms with Gasteiger partial charge in [0.15, 0.2) is 5.96 Å². The molecule has 1 heterocycles. The number of aliphatic imine (C=N–C) groups is 1. The number of guanidine groups is 1. The highest BCUT2D eigenvalue weighted by Gasteiger charge is 2.14. The molecule has 1 saturated carbocycles. The molecule has 6 heteroatoms. The fourth-order valence-corrected chi connectivity index (χ4v) is 3.51. The van der Waals surface area contributed by atoms with Crippen molar-refractivity contribution < 1.29 is 4.74 Å². The molecule has 2 N–H and O–H groups in total. The van der Waals surface area contributed by atoms with Crippen molar-refractivity contribution in [3.8, 4) is 0 Å². The van der Waals surface area contributed by atoms with Crippen LogP contribution in [0.2, 0.25) is 0 Å². The molecule has 4 nitrogen and oxygen atoms in total. The van der Waals surface area contributed by atoms with Crippen molar-refractivity contribution in [2.24, 2.45) is 4.99 Å². The van der Waals surface area contributed by atoms with Crippen LogP contribution in [0.3, 0.4) is 0 Å². The van der Waals surface area contributed by atoms with E-state index in [4.69, 9.17) is 4.74 Å². The number of halogens is 1. The minimum absolute atomic E-state index is 0. The Hall–Kier alpha value is -0.340. The van der Waals surface area contributed by atoms with Crippen molar-refractivity contribution in [1.29, 1.82) is 0 Å². The smallest absolute Gasteiger partial charge is 0.190 e. The largest absolute Gasteiger partial charge is 0.378 e. The van der Waals surface area contributed by atoms with Gasteiger partial charge in [0.1, 0.15) is 0 Å². The van der Waals surface area contributed by atoms with Gasteiger partial charge in [-0.25, -0.2) is 0 Å². The van der Waals surface area contributed by atoms with Crippen molar-refractivity contribution in [2.45, 2.75) is 51.0 Å². The molecule has 2 rings (SSSR count).